The Kier molecular flexibility index (Phi) is 16.3. The molecule has 0 heterocycles. The van der Waals surface area contributed by atoms with Crippen molar-refractivity contribution in [3.8, 4) is 17.2 Å². The predicted octanol–water partition coefficient (Wildman–Crippen LogP) is 9.48. The largest absolute Gasteiger partial charge is 0.492 e. The summed E-state index contributed by atoms with van der Waals surface area (Å²) in [5.41, 5.74) is 1.95. The second kappa shape index (κ2) is 23.5. The molecule has 0 aliphatic rings. The fraction of sp³-hybridized carbons (Fsp3) is 0.105. The highest BCUT2D eigenvalue weighted by atomic mass is 32.2. The summed E-state index contributed by atoms with van der Waals surface area (Å²) in [4.78, 5) is 41.1. The van der Waals surface area contributed by atoms with E-state index in [2.05, 4.69) is 16.0 Å². The number of rotatable bonds is 21. The van der Waals surface area contributed by atoms with Gasteiger partial charge in [-0.2, -0.15) is 25.3 Å². The number of ether oxygens (including phenoxy) is 3. The zero-order chi connectivity index (χ0) is 55.9. The van der Waals surface area contributed by atoms with Gasteiger partial charge >= 0.3 is 0 Å². The Balaban J connectivity index is 0.821. The van der Waals surface area contributed by atoms with Gasteiger partial charge in [0, 0.05) is 85.7 Å². The number of anilines is 3. The zero-order valence-electron chi connectivity index (χ0n) is 41.5. The first-order valence-corrected chi connectivity index (χ1v) is 28.4. The standard InChI is InChI=1S/C57H48N4O15S3/c62-55(58-49-13-1-10-46-43(49)7-4-16-52(46)77(65,66)67)37-19-25-40(26-20-37)74-34-31-61(32-35-75-41-27-21-38(22-28-41)56(63)59-50-14-2-11-47-44(50)8-5-17-53(47)78(68,69)70)33-36-76-42-29-23-39(24-30-42)57(64)60-51-15-3-12-48-45(51)9-6-18-54(48)79(71,72)73/h1-30H,31-36H2,(H,58,62)(H,59,63)(H,60,64)(H,65,66,67)(H,68,69,70)(H,71,72,73). The lowest BCUT2D eigenvalue weighted by molar-refractivity contribution is 0.101. The lowest BCUT2D eigenvalue weighted by atomic mass is 10.1. The van der Waals surface area contributed by atoms with E-state index in [1.807, 2.05) is 4.90 Å². The van der Waals surface area contributed by atoms with E-state index in [9.17, 15) is 53.3 Å². The number of hydrogen-bond donors (Lipinski definition) is 6. The molecule has 0 radical (unpaired) electrons. The lowest BCUT2D eigenvalue weighted by Crippen LogP contribution is -2.35. The van der Waals surface area contributed by atoms with Gasteiger partial charge in [0.15, 0.2) is 0 Å². The van der Waals surface area contributed by atoms with E-state index >= 15 is 0 Å². The van der Waals surface area contributed by atoms with E-state index in [0.29, 0.717) is 86.8 Å². The summed E-state index contributed by atoms with van der Waals surface area (Å²) >= 11 is 0. The average Bonchev–Trinajstić information content (AvgIpc) is 3.54. The van der Waals surface area contributed by atoms with E-state index in [-0.39, 0.29) is 50.7 Å². The van der Waals surface area contributed by atoms with Crippen LogP contribution in [0.5, 0.6) is 17.2 Å². The lowest BCUT2D eigenvalue weighted by Gasteiger charge is -2.23. The summed E-state index contributed by atoms with van der Waals surface area (Å²) in [6.07, 6.45) is 0. The topological polar surface area (TPSA) is 281 Å². The predicted molar refractivity (Wildman–Crippen MR) is 297 cm³/mol. The first-order valence-electron chi connectivity index (χ1n) is 24.1. The molecule has 0 unspecified atom stereocenters. The van der Waals surface area contributed by atoms with Crippen LogP contribution in [0.4, 0.5) is 17.1 Å². The van der Waals surface area contributed by atoms with E-state index in [4.69, 9.17) is 14.2 Å². The molecule has 22 heteroatoms. The average molecular weight is 1130 g/mol. The minimum absolute atomic E-state index is 0.215. The fourth-order valence-corrected chi connectivity index (χ4v) is 10.9. The third-order valence-corrected chi connectivity index (χ3v) is 15.3. The molecule has 6 N–H and O–H groups in total. The van der Waals surface area contributed by atoms with Crippen molar-refractivity contribution < 1.29 is 67.5 Å². The van der Waals surface area contributed by atoms with Gasteiger partial charge in [0.1, 0.15) is 51.8 Å². The van der Waals surface area contributed by atoms with Crippen molar-refractivity contribution in [2.45, 2.75) is 14.7 Å². The van der Waals surface area contributed by atoms with Crippen LogP contribution in [0.1, 0.15) is 31.1 Å². The van der Waals surface area contributed by atoms with Gasteiger partial charge in [-0.15, -0.1) is 0 Å². The van der Waals surface area contributed by atoms with Crippen LogP contribution in [-0.4, -0.2) is 101 Å². The first kappa shape index (κ1) is 55.0. The molecule has 9 aromatic carbocycles. The highest BCUT2D eigenvalue weighted by Crippen LogP contribution is 2.32. The highest BCUT2D eigenvalue weighted by molar-refractivity contribution is 7.86. The Bertz CT molecular complexity index is 3700. The molecule has 0 fully saturated rings. The molecule has 0 bridgehead atoms. The number of amides is 3. The Morgan fingerprint density at radius 3 is 0.835 bits per heavy atom. The Labute approximate surface area is 453 Å². The minimum atomic E-state index is -4.51. The molecule has 9 rings (SSSR count). The molecule has 0 saturated carbocycles. The van der Waals surface area contributed by atoms with Gasteiger partial charge in [0.2, 0.25) is 0 Å². The van der Waals surface area contributed by atoms with Crippen LogP contribution in [-0.2, 0) is 30.4 Å². The Morgan fingerprint density at radius 2 is 0.582 bits per heavy atom. The molecule has 19 nitrogen and oxygen atoms in total. The Hall–Kier alpha value is -8.74. The third kappa shape index (κ3) is 13.3. The number of benzene rings is 9. The molecule has 0 spiro atoms. The van der Waals surface area contributed by atoms with E-state index < -0.39 is 48.1 Å². The molecule has 0 saturated heterocycles. The Morgan fingerprint density at radius 1 is 0.342 bits per heavy atom. The van der Waals surface area contributed by atoms with Crippen molar-refractivity contribution in [3.05, 3.63) is 199 Å². The molecular weight excluding hydrogens is 1080 g/mol. The van der Waals surface area contributed by atoms with Crippen LogP contribution in [0, 0.1) is 0 Å². The maximum Gasteiger partial charge on any atom is 0.295 e. The van der Waals surface area contributed by atoms with Gasteiger partial charge in [-0.05, 0) is 109 Å². The fourth-order valence-electron chi connectivity index (χ4n) is 8.75. The molecule has 404 valence electrons. The van der Waals surface area contributed by atoms with Gasteiger partial charge < -0.3 is 30.2 Å². The molecule has 0 aliphatic carbocycles. The number of nitrogens with one attached hydrogen (secondary N) is 3. The second-order valence-electron chi connectivity index (χ2n) is 17.7. The summed E-state index contributed by atoms with van der Waals surface area (Å²) in [6, 6.07) is 46.7. The normalized spacial score (nSPS) is 11.8. The van der Waals surface area contributed by atoms with E-state index in [1.165, 1.54) is 54.6 Å². The van der Waals surface area contributed by atoms with Crippen LogP contribution in [0.3, 0.4) is 0 Å². The quantitative estimate of drug-likeness (QED) is 0.0365. The number of hydrogen-bond acceptors (Lipinski definition) is 13. The third-order valence-electron chi connectivity index (χ3n) is 12.6. The van der Waals surface area contributed by atoms with Crippen molar-refractivity contribution in [2.24, 2.45) is 0 Å². The van der Waals surface area contributed by atoms with Gasteiger partial charge in [-0.25, -0.2) is 0 Å². The maximum atomic E-state index is 13.3. The molecule has 3 amide bonds. The molecule has 0 aromatic heterocycles. The smallest absolute Gasteiger partial charge is 0.295 e. The molecular formula is C57H48N4O15S3. The molecule has 9 aromatic rings. The minimum Gasteiger partial charge on any atom is -0.492 e. The summed E-state index contributed by atoms with van der Waals surface area (Å²) in [7, 11) is -13.5. The zero-order valence-corrected chi connectivity index (χ0v) is 43.9. The highest BCUT2D eigenvalue weighted by Gasteiger charge is 2.20. The maximum absolute atomic E-state index is 13.3. The van der Waals surface area contributed by atoms with Crippen molar-refractivity contribution in [2.75, 3.05) is 55.4 Å². The summed E-state index contributed by atoms with van der Waals surface area (Å²) in [5, 5.41) is 10.4. The van der Waals surface area contributed by atoms with Crippen LogP contribution in [0.25, 0.3) is 32.3 Å². The van der Waals surface area contributed by atoms with Crippen molar-refractivity contribution in [1.82, 2.24) is 4.90 Å². The number of carbonyl (C=O) groups is 3. The number of fused-ring (bicyclic) bond motifs is 3. The number of nitrogens with zero attached hydrogens (tertiary/aromatic N) is 1. The van der Waals surface area contributed by atoms with Crippen molar-refractivity contribution in [1.29, 1.82) is 0 Å². The summed E-state index contributed by atoms with van der Waals surface area (Å²) < 4.78 is 119. The van der Waals surface area contributed by atoms with Gasteiger partial charge in [-0.1, -0.05) is 72.8 Å². The second-order valence-corrected chi connectivity index (χ2v) is 21.9. The van der Waals surface area contributed by atoms with Crippen LogP contribution in [0.2, 0.25) is 0 Å². The first-order chi connectivity index (χ1) is 37.8. The SMILES string of the molecule is O=C(Nc1cccc2c(S(=O)(=O)O)cccc12)c1ccc(OCCN(CCOc2ccc(C(=O)Nc3cccc4c(S(=O)(=O)O)cccc34)cc2)CCOc2ccc(C(=O)Nc3cccc4c(S(=O)(=O)O)cccc34)cc2)cc1. The monoisotopic (exact) mass is 1120 g/mol. The molecule has 0 atom stereocenters. The van der Waals surface area contributed by atoms with Crippen LogP contribution < -0.4 is 30.2 Å². The van der Waals surface area contributed by atoms with Gasteiger partial charge in [0.25, 0.3) is 48.1 Å². The summed E-state index contributed by atoms with van der Waals surface area (Å²) in [6.45, 7) is 1.85. The summed E-state index contributed by atoms with van der Waals surface area (Å²) in [5.74, 6) is 0.0562. The molecule has 0 aliphatic heterocycles. The van der Waals surface area contributed by atoms with Crippen molar-refractivity contribution >= 4 is 97.5 Å². The van der Waals surface area contributed by atoms with E-state index in [0.717, 1.165) is 0 Å². The van der Waals surface area contributed by atoms with Crippen LogP contribution in [0.15, 0.2) is 197 Å². The van der Waals surface area contributed by atoms with Crippen molar-refractivity contribution in [3.63, 3.8) is 0 Å². The number of carbonyl (C=O) groups excluding carboxylic acids is 3. The molecule has 79 heavy (non-hydrogen) atoms. The van der Waals surface area contributed by atoms with Gasteiger partial charge in [0.05, 0.1) is 0 Å². The van der Waals surface area contributed by atoms with Crippen LogP contribution >= 0.6 is 0 Å². The van der Waals surface area contributed by atoms with Gasteiger partial charge in [-0.3, -0.25) is 32.9 Å². The van der Waals surface area contributed by atoms with E-state index in [1.54, 1.807) is 127 Å².